The van der Waals surface area contributed by atoms with Crippen molar-refractivity contribution in [2.24, 2.45) is 0 Å². The van der Waals surface area contributed by atoms with E-state index in [0.29, 0.717) is 18.7 Å². The molecule has 19 heavy (non-hydrogen) atoms. The number of carbonyl (C=O) groups is 2. The van der Waals surface area contributed by atoms with Crippen LogP contribution in [0.3, 0.4) is 0 Å². The molecule has 0 bridgehead atoms. The minimum atomic E-state index is -0.929. The number of nitrogens with one attached hydrogen (secondary N) is 1. The molecule has 0 saturated heterocycles. The van der Waals surface area contributed by atoms with Crippen molar-refractivity contribution in [3.63, 3.8) is 0 Å². The minimum Gasteiger partial charge on any atom is -0.478 e. The number of benzene rings is 1. The molecular formula is C14H19NO3S. The first-order valence-corrected chi connectivity index (χ1v) is 7.45. The standard InChI is InChI=1S/C14H19NO3S/c1-2-8-19-10-13(16)15-7-6-11-4-3-5-12(9-11)14(17)18/h3-5,9H,2,6-8,10H2,1H3,(H,15,16)(H,17,18). The Labute approximate surface area is 117 Å². The molecule has 0 aromatic heterocycles. The molecule has 1 aromatic rings. The van der Waals surface area contributed by atoms with E-state index in [1.807, 2.05) is 6.07 Å². The van der Waals surface area contributed by atoms with Crippen LogP contribution in [0.4, 0.5) is 0 Å². The Kier molecular flexibility index (Phi) is 7.03. The zero-order valence-corrected chi connectivity index (χ0v) is 11.8. The van der Waals surface area contributed by atoms with Crippen molar-refractivity contribution < 1.29 is 14.7 Å². The van der Waals surface area contributed by atoms with Gasteiger partial charge in [-0.25, -0.2) is 4.79 Å². The Morgan fingerprint density at radius 1 is 1.37 bits per heavy atom. The number of thioether (sulfide) groups is 1. The molecule has 5 heteroatoms. The zero-order chi connectivity index (χ0) is 14.1. The maximum atomic E-state index is 11.5. The number of rotatable bonds is 8. The molecular weight excluding hydrogens is 262 g/mol. The first kappa shape index (κ1) is 15.6. The van der Waals surface area contributed by atoms with Crippen LogP contribution in [0.2, 0.25) is 0 Å². The van der Waals surface area contributed by atoms with E-state index in [-0.39, 0.29) is 11.5 Å². The number of hydrogen-bond acceptors (Lipinski definition) is 3. The second-order valence-electron chi connectivity index (χ2n) is 4.16. The molecule has 2 N–H and O–H groups in total. The van der Waals surface area contributed by atoms with Crippen molar-refractivity contribution in [3.8, 4) is 0 Å². The van der Waals surface area contributed by atoms with Crippen LogP contribution in [0.5, 0.6) is 0 Å². The molecule has 0 unspecified atom stereocenters. The Bertz CT molecular complexity index is 434. The first-order valence-electron chi connectivity index (χ1n) is 6.30. The van der Waals surface area contributed by atoms with Crippen molar-refractivity contribution in [3.05, 3.63) is 35.4 Å². The number of aromatic carboxylic acids is 1. The van der Waals surface area contributed by atoms with Gasteiger partial charge in [-0.1, -0.05) is 19.1 Å². The molecule has 0 radical (unpaired) electrons. The van der Waals surface area contributed by atoms with Crippen LogP contribution in [0, 0.1) is 0 Å². The largest absolute Gasteiger partial charge is 0.478 e. The van der Waals surface area contributed by atoms with Gasteiger partial charge in [0.2, 0.25) is 5.91 Å². The summed E-state index contributed by atoms with van der Waals surface area (Å²) in [6.45, 7) is 2.62. The van der Waals surface area contributed by atoms with Crippen molar-refractivity contribution in [2.75, 3.05) is 18.1 Å². The summed E-state index contributed by atoms with van der Waals surface area (Å²) in [7, 11) is 0. The molecule has 0 aliphatic rings. The predicted octanol–water partition coefficient (Wildman–Crippen LogP) is 2.19. The van der Waals surface area contributed by atoms with E-state index in [2.05, 4.69) is 12.2 Å². The molecule has 1 aromatic carbocycles. The van der Waals surface area contributed by atoms with Crippen molar-refractivity contribution in [2.45, 2.75) is 19.8 Å². The van der Waals surface area contributed by atoms with E-state index >= 15 is 0 Å². The highest BCUT2D eigenvalue weighted by Crippen LogP contribution is 2.06. The molecule has 0 spiro atoms. The highest BCUT2D eigenvalue weighted by molar-refractivity contribution is 7.99. The first-order chi connectivity index (χ1) is 9.13. The lowest BCUT2D eigenvalue weighted by Crippen LogP contribution is -2.27. The summed E-state index contributed by atoms with van der Waals surface area (Å²) in [4.78, 5) is 22.3. The van der Waals surface area contributed by atoms with Crippen LogP contribution < -0.4 is 5.32 Å². The summed E-state index contributed by atoms with van der Waals surface area (Å²) in [5.74, 6) is 0.589. The maximum Gasteiger partial charge on any atom is 0.335 e. The number of hydrogen-bond donors (Lipinski definition) is 2. The second kappa shape index (κ2) is 8.58. The Balaban J connectivity index is 2.31. The van der Waals surface area contributed by atoms with Gasteiger partial charge in [0.05, 0.1) is 11.3 Å². The fraction of sp³-hybridized carbons (Fsp3) is 0.429. The fourth-order valence-electron chi connectivity index (χ4n) is 1.57. The number of carboxylic acids is 1. The van der Waals surface area contributed by atoms with Gasteiger partial charge in [-0.3, -0.25) is 4.79 Å². The lowest BCUT2D eigenvalue weighted by molar-refractivity contribution is -0.118. The lowest BCUT2D eigenvalue weighted by Gasteiger charge is -2.05. The minimum absolute atomic E-state index is 0.0350. The molecule has 0 aliphatic carbocycles. The van der Waals surface area contributed by atoms with Crippen LogP contribution in [-0.4, -0.2) is 35.0 Å². The number of carbonyl (C=O) groups excluding carboxylic acids is 1. The van der Waals surface area contributed by atoms with E-state index in [1.165, 1.54) is 0 Å². The molecule has 4 nitrogen and oxygen atoms in total. The summed E-state index contributed by atoms with van der Waals surface area (Å²) in [6.07, 6.45) is 1.71. The summed E-state index contributed by atoms with van der Waals surface area (Å²) in [6, 6.07) is 6.79. The third-order valence-corrected chi connectivity index (χ3v) is 3.65. The van der Waals surface area contributed by atoms with Crippen LogP contribution in [0.1, 0.15) is 29.3 Å². The fourth-order valence-corrected chi connectivity index (χ4v) is 2.29. The molecule has 0 saturated carbocycles. The molecule has 1 amide bonds. The monoisotopic (exact) mass is 281 g/mol. The van der Waals surface area contributed by atoms with E-state index in [0.717, 1.165) is 17.7 Å². The highest BCUT2D eigenvalue weighted by Gasteiger charge is 2.04. The van der Waals surface area contributed by atoms with Crippen molar-refractivity contribution in [1.29, 1.82) is 0 Å². The SMILES string of the molecule is CCCSCC(=O)NCCc1cccc(C(=O)O)c1. The van der Waals surface area contributed by atoms with E-state index < -0.39 is 5.97 Å². The number of carboxylic acid groups (broad SMARTS) is 1. The summed E-state index contributed by atoms with van der Waals surface area (Å²) >= 11 is 1.62. The van der Waals surface area contributed by atoms with E-state index in [4.69, 9.17) is 5.11 Å². The second-order valence-corrected chi connectivity index (χ2v) is 5.26. The van der Waals surface area contributed by atoms with Crippen molar-refractivity contribution >= 4 is 23.6 Å². The van der Waals surface area contributed by atoms with Crippen LogP contribution >= 0.6 is 11.8 Å². The maximum absolute atomic E-state index is 11.5. The average molecular weight is 281 g/mol. The molecule has 0 aliphatic heterocycles. The van der Waals surface area contributed by atoms with Gasteiger partial charge in [0.25, 0.3) is 0 Å². The molecule has 0 heterocycles. The van der Waals surface area contributed by atoms with Gasteiger partial charge in [-0.2, -0.15) is 11.8 Å². The summed E-state index contributed by atoms with van der Waals surface area (Å²) in [5, 5.41) is 11.7. The zero-order valence-electron chi connectivity index (χ0n) is 11.0. The molecule has 104 valence electrons. The van der Waals surface area contributed by atoms with E-state index in [1.54, 1.807) is 30.0 Å². The molecule has 0 atom stereocenters. The van der Waals surface area contributed by atoms with Gasteiger partial charge >= 0.3 is 5.97 Å². The Hall–Kier alpha value is -1.49. The quantitative estimate of drug-likeness (QED) is 0.717. The van der Waals surface area contributed by atoms with Gasteiger partial charge in [0.15, 0.2) is 0 Å². The Morgan fingerprint density at radius 2 is 2.16 bits per heavy atom. The van der Waals surface area contributed by atoms with E-state index in [9.17, 15) is 9.59 Å². The van der Waals surface area contributed by atoms with Crippen LogP contribution in [0.25, 0.3) is 0 Å². The van der Waals surface area contributed by atoms with Gasteiger partial charge in [0, 0.05) is 6.54 Å². The lowest BCUT2D eigenvalue weighted by atomic mass is 10.1. The van der Waals surface area contributed by atoms with Gasteiger partial charge < -0.3 is 10.4 Å². The van der Waals surface area contributed by atoms with Gasteiger partial charge in [0.1, 0.15) is 0 Å². The number of amides is 1. The highest BCUT2D eigenvalue weighted by atomic mass is 32.2. The van der Waals surface area contributed by atoms with Crippen molar-refractivity contribution in [1.82, 2.24) is 5.32 Å². The van der Waals surface area contributed by atoms with Gasteiger partial charge in [-0.05, 0) is 36.3 Å². The third-order valence-electron chi connectivity index (χ3n) is 2.49. The third kappa shape index (κ3) is 6.29. The Morgan fingerprint density at radius 3 is 2.84 bits per heavy atom. The summed E-state index contributed by atoms with van der Waals surface area (Å²) in [5.41, 5.74) is 1.20. The average Bonchev–Trinajstić information content (AvgIpc) is 2.39. The van der Waals surface area contributed by atoms with Crippen LogP contribution in [-0.2, 0) is 11.2 Å². The molecule has 0 fully saturated rings. The smallest absolute Gasteiger partial charge is 0.335 e. The molecule has 1 rings (SSSR count). The van der Waals surface area contributed by atoms with Gasteiger partial charge in [-0.15, -0.1) is 0 Å². The summed E-state index contributed by atoms with van der Waals surface area (Å²) < 4.78 is 0. The predicted molar refractivity (Wildman–Crippen MR) is 77.7 cm³/mol. The topological polar surface area (TPSA) is 66.4 Å². The normalized spacial score (nSPS) is 10.2. The van der Waals surface area contributed by atoms with Crippen LogP contribution in [0.15, 0.2) is 24.3 Å².